The first-order chi connectivity index (χ1) is 64.7. The van der Waals surface area contributed by atoms with Crippen molar-refractivity contribution in [3.63, 3.8) is 0 Å². The molecule has 9 unspecified atom stereocenters. The maximum atomic E-state index is 15.0. The predicted octanol–water partition coefficient (Wildman–Crippen LogP) is -3.81. The number of aliphatic carboxylic acids is 1. The van der Waals surface area contributed by atoms with Crippen molar-refractivity contribution < 1.29 is 62.6 Å². The molecule has 0 fully saturated rings. The van der Waals surface area contributed by atoms with Gasteiger partial charge in [0.15, 0.2) is 35.8 Å². The van der Waals surface area contributed by atoms with Crippen molar-refractivity contribution in [3.8, 4) is 0 Å². The Morgan fingerprint density at radius 3 is 0.956 bits per heavy atom. The Labute approximate surface area is 783 Å². The van der Waals surface area contributed by atoms with Crippen molar-refractivity contribution in [2.75, 3.05) is 66.0 Å². The third kappa shape index (κ3) is 43.7. The van der Waals surface area contributed by atoms with Crippen LogP contribution in [0.4, 0.5) is 0 Å². The van der Waals surface area contributed by atoms with Crippen LogP contribution in [0.5, 0.6) is 0 Å². The fraction of sp³-hybridized carbons (Fsp3) is 0.477. The number of carbonyl (C=O) groups is 12. The molecule has 0 saturated heterocycles. The summed E-state index contributed by atoms with van der Waals surface area (Å²) in [7, 11) is 1.53. The second kappa shape index (κ2) is 61.6. The van der Waals surface area contributed by atoms with Crippen LogP contribution in [-0.4, -0.2) is 247 Å². The number of aryl methyl sites for hydroxylation is 1. The molecule has 0 radical (unpaired) electrons. The SMILES string of the molecule is CNC(=N)NCCCC(NC(=O)CNC(=O)CCc1cn(Cc2ccc(C(=C(c3ccccc3)c3ccccc3)c3ccccc3)cc2)nn1)C(=O)NC(CCCCN)C(=O)NC(CCCCN)C(=O)NC(CCCNC(=N)N)C(=O)NC(CCCNC(=N)N)C(=O)NC(CCC(=O)O)C(=O)NC(CCCNC(=N)N)C(=O)NC(CCCNC(=N)N)C(=O)NC(CCCNC(=N)N)C(N)=O. The second-order valence-corrected chi connectivity index (χ2v) is 31.8. The zero-order chi connectivity index (χ0) is 99.0. The van der Waals surface area contributed by atoms with E-state index in [2.05, 4.69) is 149 Å². The van der Waals surface area contributed by atoms with Crippen LogP contribution < -0.4 is 136 Å². The van der Waals surface area contributed by atoms with Gasteiger partial charge in [0.1, 0.15) is 54.4 Å². The first-order valence-corrected chi connectivity index (χ1v) is 44.9. The van der Waals surface area contributed by atoms with Gasteiger partial charge in [0.05, 0.1) is 18.8 Å². The zero-order valence-electron chi connectivity index (χ0n) is 76.2. The maximum Gasteiger partial charge on any atom is 0.303 e. The van der Waals surface area contributed by atoms with E-state index in [1.807, 2.05) is 66.7 Å². The first kappa shape index (κ1) is 110. The largest absolute Gasteiger partial charge is 0.481 e. The van der Waals surface area contributed by atoms with Crippen LogP contribution in [0.15, 0.2) is 121 Å². The van der Waals surface area contributed by atoms with E-state index < -0.39 is 169 Å². The fourth-order valence-electron chi connectivity index (χ4n) is 14.1. The Morgan fingerprint density at radius 1 is 0.348 bits per heavy atom. The maximum absolute atomic E-state index is 15.0. The third-order valence-corrected chi connectivity index (χ3v) is 21.1. The highest BCUT2D eigenvalue weighted by Crippen LogP contribution is 2.37. The van der Waals surface area contributed by atoms with E-state index in [4.69, 9.17) is 78.3 Å². The van der Waals surface area contributed by atoms with Gasteiger partial charge in [-0.15, -0.1) is 5.10 Å². The lowest BCUT2D eigenvalue weighted by atomic mass is 9.85. The van der Waals surface area contributed by atoms with E-state index in [0.29, 0.717) is 25.1 Å². The number of guanidine groups is 6. The Hall–Kier alpha value is -15.1. The number of hydrogen-bond donors (Lipinski definition) is 32. The van der Waals surface area contributed by atoms with Crippen LogP contribution in [0.2, 0.25) is 0 Å². The molecule has 0 bridgehead atoms. The number of primary amides is 1. The number of aromatic nitrogens is 3. The average molecular weight is 1880 g/mol. The van der Waals surface area contributed by atoms with Gasteiger partial charge in [-0.2, -0.15) is 0 Å². The van der Waals surface area contributed by atoms with Crippen LogP contribution in [0.3, 0.4) is 0 Å². The molecule has 47 nitrogen and oxygen atoms in total. The number of nitrogens with two attached hydrogens (primary N) is 8. The van der Waals surface area contributed by atoms with E-state index in [1.165, 1.54) is 7.05 Å². The third-order valence-electron chi connectivity index (χ3n) is 21.1. The summed E-state index contributed by atoms with van der Waals surface area (Å²) < 4.78 is 1.67. The van der Waals surface area contributed by atoms with Crippen LogP contribution in [0, 0.1) is 32.5 Å². The van der Waals surface area contributed by atoms with Gasteiger partial charge >= 0.3 is 5.97 Å². The number of unbranched alkanes of at least 4 members (excludes halogenated alkanes) is 2. The molecule has 4 aromatic carbocycles. The fourth-order valence-corrected chi connectivity index (χ4v) is 14.1. The predicted molar refractivity (Wildman–Crippen MR) is 510 cm³/mol. The van der Waals surface area contributed by atoms with E-state index in [0.717, 1.165) is 39.0 Å². The summed E-state index contributed by atoms with van der Waals surface area (Å²) >= 11 is 0. The smallest absolute Gasteiger partial charge is 0.303 e. The minimum atomic E-state index is -1.82. The van der Waals surface area contributed by atoms with Gasteiger partial charge in [-0.3, -0.25) is 90.0 Å². The molecular weight excluding hydrogens is 1740 g/mol. The first-order valence-electron chi connectivity index (χ1n) is 44.9. The molecule has 0 aliphatic heterocycles. The highest BCUT2D eigenvalue weighted by Gasteiger charge is 2.37. The van der Waals surface area contributed by atoms with Crippen molar-refractivity contribution in [1.29, 1.82) is 32.5 Å². The monoisotopic (exact) mass is 1880 g/mol. The molecule has 1 aromatic heterocycles. The van der Waals surface area contributed by atoms with E-state index in [9.17, 15) is 62.6 Å². The normalized spacial score (nSPS) is 12.8. The van der Waals surface area contributed by atoms with Gasteiger partial charge in [-0.05, 0) is 174 Å². The van der Waals surface area contributed by atoms with Crippen LogP contribution in [0.1, 0.15) is 168 Å². The summed E-state index contributed by atoms with van der Waals surface area (Å²) in [6.45, 7) is 0.308. The number of amides is 11. The van der Waals surface area contributed by atoms with Crippen LogP contribution >= 0.6 is 0 Å². The number of benzene rings is 4. The molecule has 40 N–H and O–H groups in total. The Morgan fingerprint density at radius 2 is 0.644 bits per heavy atom. The number of carboxylic acids is 1. The van der Waals surface area contributed by atoms with Crippen molar-refractivity contribution in [3.05, 3.63) is 155 Å². The van der Waals surface area contributed by atoms with Crippen molar-refractivity contribution in [2.45, 2.75) is 202 Å². The Bertz CT molecular complexity index is 4700. The van der Waals surface area contributed by atoms with Crippen molar-refractivity contribution in [2.24, 2.45) is 45.9 Å². The second-order valence-electron chi connectivity index (χ2n) is 31.8. The molecule has 9 atom stereocenters. The van der Waals surface area contributed by atoms with E-state index >= 15 is 0 Å². The number of carbonyl (C=O) groups excluding carboxylic acids is 11. The summed E-state index contributed by atoms with van der Waals surface area (Å²) in [5.74, 6) is -13.7. The van der Waals surface area contributed by atoms with E-state index in [-0.39, 0.29) is 180 Å². The lowest BCUT2D eigenvalue weighted by Crippen LogP contribution is -2.60. The van der Waals surface area contributed by atoms with Gasteiger partial charge in [0.2, 0.25) is 65.0 Å². The molecule has 0 spiro atoms. The van der Waals surface area contributed by atoms with Crippen molar-refractivity contribution >= 4 is 118 Å². The summed E-state index contributed by atoms with van der Waals surface area (Å²) in [5, 5.41) is 109. The molecular formula is C88H136N34O13. The quantitative estimate of drug-likeness (QED) is 0.00768. The molecule has 1 heterocycles. The summed E-state index contributed by atoms with van der Waals surface area (Å²) in [6.07, 6.45) is 0.840. The number of carboxylic acid groups (broad SMARTS) is 1. The number of nitrogens with one attached hydrogen (secondary N) is 23. The van der Waals surface area contributed by atoms with Crippen molar-refractivity contribution in [1.82, 2.24) is 105 Å². The van der Waals surface area contributed by atoms with E-state index in [1.54, 1.807) is 10.9 Å². The number of nitrogens with zero attached hydrogens (tertiary/aromatic N) is 3. The highest BCUT2D eigenvalue weighted by atomic mass is 16.4. The number of hydrogen-bond acceptors (Lipinski definition) is 22. The molecule has 5 rings (SSSR count). The topological polar surface area (TPSA) is 812 Å². The molecule has 135 heavy (non-hydrogen) atoms. The lowest BCUT2D eigenvalue weighted by molar-refractivity contribution is -0.139. The van der Waals surface area contributed by atoms with Gasteiger partial charge in [-0.1, -0.05) is 120 Å². The molecule has 47 heteroatoms. The minimum Gasteiger partial charge on any atom is -0.481 e. The standard InChI is InChI=1S/C88H136N34O13/c1-103-88(102)109-50-20-30-61(111-70(124)51-110-69(123)41-39-59-53-122(121-120-59)52-54-35-37-58(38-36-54)73(57-25-9-4-10-26-57)72(55-21-5-2-6-22-55)56-23-7-3-8-24-56)75(128)113-62(27-11-13-43-89)77(130)114-63(28-12-14-44-90)78(131)116-65(32-17-47-106-85(96)97)79(132)117-67(34-19-49-108-87(100)101)81(134)119-68(40-42-71(125)126)82(135)118-66(33-18-48-107-86(98)99)80(133)115-64(31-16-46-105-84(94)95)76(129)112-60(74(91)127)29-15-45-104-83(92)93/h2-10,21-26,35-38,53,60-68H,11-20,27-34,39-52,89-90H2,1H3,(H2,91,127)(H,110,123)(H,111,124)(H,112,129)(H,113,128)(H,114,130)(H,115,133)(H,116,131)(H,117,132)(H,118,135)(H,119,134)(H,125,126)(H4,92,93,104)(H4,94,95,105)(H4,96,97,106)(H4,98,99,107)(H4,100,101,108)(H3,102,103,109). The highest BCUT2D eigenvalue weighted by molar-refractivity contribution is 6.05. The van der Waals surface area contributed by atoms with Gasteiger partial charge < -0.3 is 141 Å². The van der Waals surface area contributed by atoms with Crippen LogP contribution in [-0.2, 0) is 70.5 Å². The summed E-state index contributed by atoms with van der Waals surface area (Å²) in [6, 6.07) is 25.3. The minimum absolute atomic E-state index is 0.00169. The van der Waals surface area contributed by atoms with Gasteiger partial charge in [0, 0.05) is 71.8 Å². The molecule has 5 aromatic rings. The Kier molecular flexibility index (Phi) is 50.4. The van der Waals surface area contributed by atoms with Crippen LogP contribution in [0.25, 0.3) is 11.1 Å². The van der Waals surface area contributed by atoms with Gasteiger partial charge in [0.25, 0.3) is 0 Å². The van der Waals surface area contributed by atoms with Gasteiger partial charge in [-0.25, -0.2) is 4.68 Å². The Balaban J connectivity index is 1.36. The molecule has 736 valence electrons. The molecule has 11 amide bonds. The zero-order valence-corrected chi connectivity index (χ0v) is 76.2. The molecule has 0 saturated carbocycles. The summed E-state index contributed by atoms with van der Waals surface area (Å²) in [4.78, 5) is 170. The molecule has 0 aliphatic carbocycles. The average Bonchev–Trinajstić information content (AvgIpc) is 1.30. The molecule has 0 aliphatic rings. The number of rotatable bonds is 64. The lowest BCUT2D eigenvalue weighted by Gasteiger charge is -2.28. The summed E-state index contributed by atoms with van der Waals surface area (Å²) in [5.41, 5.74) is 52.8.